The van der Waals surface area contributed by atoms with E-state index in [9.17, 15) is 0 Å². The molecular weight excluding hydrogens is 228 g/mol. The predicted molar refractivity (Wildman–Crippen MR) is 77.5 cm³/mol. The number of nitrogens with one attached hydrogen (secondary N) is 1. The number of nitrogens with zero attached hydrogens (tertiary/aromatic N) is 1. The molecule has 0 aliphatic rings. The Morgan fingerprint density at radius 1 is 1.35 bits per heavy atom. The second-order valence-corrected chi connectivity index (χ2v) is 7.32. The maximum atomic E-state index is 4.48. The van der Waals surface area contributed by atoms with Crippen LogP contribution in [0.15, 0.2) is 18.2 Å². The average molecular weight is 252 g/mol. The van der Waals surface area contributed by atoms with Gasteiger partial charge in [0.25, 0.3) is 0 Å². The molecule has 17 heavy (non-hydrogen) atoms. The standard InChI is InChI=1S/C14H24N2S/c1-11-7-6-8-13(16-11)9-15-12(2)10-17-14(3,4)5/h6-8,12,15H,9-10H2,1-5H3/t12-/m0/s1. The van der Waals surface area contributed by atoms with E-state index < -0.39 is 0 Å². The lowest BCUT2D eigenvalue weighted by molar-refractivity contribution is 0.585. The normalized spacial score (nSPS) is 13.7. The minimum absolute atomic E-state index is 0.345. The molecule has 1 aromatic heterocycles. The molecule has 0 aliphatic carbocycles. The molecule has 0 unspecified atom stereocenters. The number of aryl methyl sites for hydroxylation is 1. The first-order valence-corrected chi connectivity index (χ1v) is 7.15. The third kappa shape index (κ3) is 6.69. The summed E-state index contributed by atoms with van der Waals surface area (Å²) in [5.74, 6) is 1.13. The molecule has 1 aromatic rings. The fraction of sp³-hybridized carbons (Fsp3) is 0.643. The minimum Gasteiger partial charge on any atom is -0.308 e. The van der Waals surface area contributed by atoms with Crippen molar-refractivity contribution in [3.63, 3.8) is 0 Å². The summed E-state index contributed by atoms with van der Waals surface area (Å²) in [7, 11) is 0. The van der Waals surface area contributed by atoms with Crippen LogP contribution in [0, 0.1) is 6.92 Å². The zero-order valence-electron chi connectivity index (χ0n) is 11.6. The molecule has 0 saturated carbocycles. The molecule has 0 bridgehead atoms. The van der Waals surface area contributed by atoms with Gasteiger partial charge >= 0.3 is 0 Å². The fourth-order valence-corrected chi connectivity index (χ4v) is 2.28. The van der Waals surface area contributed by atoms with Gasteiger partial charge in [-0.25, -0.2) is 0 Å². The largest absolute Gasteiger partial charge is 0.308 e. The molecule has 96 valence electrons. The van der Waals surface area contributed by atoms with E-state index >= 15 is 0 Å². The highest BCUT2D eigenvalue weighted by molar-refractivity contribution is 8.00. The Labute approximate surface area is 110 Å². The Morgan fingerprint density at radius 2 is 2.06 bits per heavy atom. The van der Waals surface area contributed by atoms with Crippen LogP contribution >= 0.6 is 11.8 Å². The van der Waals surface area contributed by atoms with Crippen LogP contribution in [0.1, 0.15) is 39.1 Å². The number of hydrogen-bond acceptors (Lipinski definition) is 3. The molecule has 0 radical (unpaired) electrons. The van der Waals surface area contributed by atoms with Crippen LogP contribution in [0.5, 0.6) is 0 Å². The molecule has 1 atom stereocenters. The summed E-state index contributed by atoms with van der Waals surface area (Å²) < 4.78 is 0.345. The lowest BCUT2D eigenvalue weighted by atomic mass is 10.3. The maximum absolute atomic E-state index is 4.48. The lowest BCUT2D eigenvalue weighted by Gasteiger charge is -2.21. The molecule has 0 amide bonds. The van der Waals surface area contributed by atoms with E-state index in [-0.39, 0.29) is 0 Å². The first-order chi connectivity index (χ1) is 7.87. The van der Waals surface area contributed by atoms with E-state index in [1.54, 1.807) is 0 Å². The molecule has 0 saturated heterocycles. The van der Waals surface area contributed by atoms with Gasteiger partial charge in [0, 0.05) is 28.8 Å². The molecule has 3 heteroatoms. The summed E-state index contributed by atoms with van der Waals surface area (Å²) in [4.78, 5) is 4.48. The summed E-state index contributed by atoms with van der Waals surface area (Å²) in [6.45, 7) is 11.9. The van der Waals surface area contributed by atoms with Crippen molar-refractivity contribution in [1.82, 2.24) is 10.3 Å². The van der Waals surface area contributed by atoms with Crippen LogP contribution in [0.25, 0.3) is 0 Å². The van der Waals surface area contributed by atoms with Crippen LogP contribution in [0.3, 0.4) is 0 Å². The van der Waals surface area contributed by atoms with Crippen molar-refractivity contribution in [1.29, 1.82) is 0 Å². The molecule has 0 fully saturated rings. The minimum atomic E-state index is 0.345. The van der Waals surface area contributed by atoms with E-state index in [4.69, 9.17) is 0 Å². The monoisotopic (exact) mass is 252 g/mol. The highest BCUT2D eigenvalue weighted by atomic mass is 32.2. The Hall–Kier alpha value is -0.540. The Bertz CT molecular complexity index is 344. The molecular formula is C14H24N2S. The molecule has 0 aliphatic heterocycles. The number of hydrogen-bond donors (Lipinski definition) is 1. The highest BCUT2D eigenvalue weighted by Gasteiger charge is 2.12. The van der Waals surface area contributed by atoms with Crippen LogP contribution in [-0.2, 0) is 6.54 Å². The summed E-state index contributed by atoms with van der Waals surface area (Å²) in [5.41, 5.74) is 2.21. The maximum Gasteiger partial charge on any atom is 0.0544 e. The summed E-state index contributed by atoms with van der Waals surface area (Å²) in [6.07, 6.45) is 0. The van der Waals surface area contributed by atoms with Crippen molar-refractivity contribution in [2.24, 2.45) is 0 Å². The zero-order chi connectivity index (χ0) is 12.9. The van der Waals surface area contributed by atoms with Gasteiger partial charge in [0.15, 0.2) is 0 Å². The van der Waals surface area contributed by atoms with E-state index in [1.807, 2.05) is 24.8 Å². The fourth-order valence-electron chi connectivity index (χ4n) is 1.41. The summed E-state index contributed by atoms with van der Waals surface area (Å²) in [5, 5.41) is 3.52. The van der Waals surface area contributed by atoms with Gasteiger partial charge in [-0.2, -0.15) is 11.8 Å². The average Bonchev–Trinajstić information content (AvgIpc) is 2.23. The molecule has 0 spiro atoms. The SMILES string of the molecule is Cc1cccc(CN[C@@H](C)CSC(C)(C)C)n1. The summed E-state index contributed by atoms with van der Waals surface area (Å²) in [6, 6.07) is 6.68. The van der Waals surface area contributed by atoms with Gasteiger partial charge in [0.2, 0.25) is 0 Å². The number of thioether (sulfide) groups is 1. The number of pyridine rings is 1. The van der Waals surface area contributed by atoms with E-state index in [0.717, 1.165) is 23.7 Å². The third-order valence-corrected chi connectivity index (χ3v) is 3.88. The van der Waals surface area contributed by atoms with Gasteiger partial charge in [-0.05, 0) is 26.0 Å². The van der Waals surface area contributed by atoms with Gasteiger partial charge in [0.1, 0.15) is 0 Å². The Balaban J connectivity index is 2.31. The van der Waals surface area contributed by atoms with Crippen molar-refractivity contribution < 1.29 is 0 Å². The zero-order valence-corrected chi connectivity index (χ0v) is 12.4. The molecule has 2 nitrogen and oxygen atoms in total. The quantitative estimate of drug-likeness (QED) is 0.869. The van der Waals surface area contributed by atoms with Crippen LogP contribution < -0.4 is 5.32 Å². The Kier molecular flexibility index (Phi) is 5.47. The molecule has 1 N–H and O–H groups in total. The lowest BCUT2D eigenvalue weighted by Crippen LogP contribution is -2.29. The van der Waals surface area contributed by atoms with Gasteiger partial charge in [-0.15, -0.1) is 0 Å². The number of rotatable bonds is 5. The van der Waals surface area contributed by atoms with Crippen LogP contribution in [-0.4, -0.2) is 21.5 Å². The van der Waals surface area contributed by atoms with Gasteiger partial charge < -0.3 is 5.32 Å². The Morgan fingerprint density at radius 3 is 2.65 bits per heavy atom. The number of aromatic nitrogens is 1. The first-order valence-electron chi connectivity index (χ1n) is 6.17. The topological polar surface area (TPSA) is 24.9 Å². The van der Waals surface area contributed by atoms with Crippen molar-refractivity contribution >= 4 is 11.8 Å². The van der Waals surface area contributed by atoms with Crippen LogP contribution in [0.4, 0.5) is 0 Å². The van der Waals surface area contributed by atoms with E-state index in [0.29, 0.717) is 10.8 Å². The van der Waals surface area contributed by atoms with E-state index in [1.165, 1.54) is 0 Å². The van der Waals surface area contributed by atoms with Crippen molar-refractivity contribution in [2.45, 2.75) is 52.0 Å². The smallest absolute Gasteiger partial charge is 0.0544 e. The molecule has 1 heterocycles. The second kappa shape index (κ2) is 6.41. The first kappa shape index (κ1) is 14.5. The summed E-state index contributed by atoms with van der Waals surface area (Å²) >= 11 is 2.00. The van der Waals surface area contributed by atoms with Gasteiger partial charge in [-0.1, -0.05) is 26.8 Å². The third-order valence-electron chi connectivity index (χ3n) is 2.34. The van der Waals surface area contributed by atoms with Crippen molar-refractivity contribution in [2.75, 3.05) is 5.75 Å². The van der Waals surface area contributed by atoms with E-state index in [2.05, 4.69) is 50.1 Å². The van der Waals surface area contributed by atoms with Crippen LogP contribution in [0.2, 0.25) is 0 Å². The predicted octanol–water partition coefficient (Wildman–Crippen LogP) is 3.40. The molecule has 0 aromatic carbocycles. The van der Waals surface area contributed by atoms with Crippen molar-refractivity contribution in [3.8, 4) is 0 Å². The second-order valence-electron chi connectivity index (χ2n) is 5.48. The van der Waals surface area contributed by atoms with Gasteiger partial charge in [-0.3, -0.25) is 4.98 Å². The molecule has 1 rings (SSSR count). The van der Waals surface area contributed by atoms with Gasteiger partial charge in [0.05, 0.1) is 5.69 Å². The highest BCUT2D eigenvalue weighted by Crippen LogP contribution is 2.23. The van der Waals surface area contributed by atoms with Crippen molar-refractivity contribution in [3.05, 3.63) is 29.6 Å².